The minimum atomic E-state index is -0.482. The normalized spacial score (nSPS) is 10.4. The first-order valence-electron chi connectivity index (χ1n) is 5.22. The van der Waals surface area contributed by atoms with Crippen molar-refractivity contribution < 1.29 is 9.52 Å². The van der Waals surface area contributed by atoms with Crippen molar-refractivity contribution >= 4 is 23.5 Å². The number of H-pyrrole nitrogens is 1. The molecule has 0 fully saturated rings. The summed E-state index contributed by atoms with van der Waals surface area (Å²) < 4.78 is 4.94. The number of anilines is 1. The number of nitrogens with one attached hydrogen (secondary N) is 3. The van der Waals surface area contributed by atoms with Crippen LogP contribution in [0.25, 0.3) is 0 Å². The topological polar surface area (TPSA) is 128 Å². The smallest absolute Gasteiger partial charge is 0.275 e. The van der Waals surface area contributed by atoms with Gasteiger partial charge in [0.2, 0.25) is 11.2 Å². The van der Waals surface area contributed by atoms with Crippen molar-refractivity contribution in [3.05, 3.63) is 39.2 Å². The largest absolute Gasteiger partial charge is 0.446 e. The van der Waals surface area contributed by atoms with E-state index in [2.05, 4.69) is 20.3 Å². The van der Waals surface area contributed by atoms with Crippen LogP contribution in [0.4, 0.5) is 5.69 Å². The van der Waals surface area contributed by atoms with Gasteiger partial charge in [-0.05, 0) is 11.6 Å². The van der Waals surface area contributed by atoms with Gasteiger partial charge in [0.25, 0.3) is 5.56 Å². The van der Waals surface area contributed by atoms with E-state index >= 15 is 0 Å². The molecule has 9 heteroatoms. The predicted molar refractivity (Wildman–Crippen MR) is 67.5 cm³/mol. The lowest BCUT2D eigenvalue weighted by Crippen LogP contribution is -2.18. The maximum Gasteiger partial charge on any atom is 0.275 e. The van der Waals surface area contributed by atoms with E-state index in [0.717, 1.165) is 6.21 Å². The first-order chi connectivity index (χ1) is 9.13. The Labute approximate surface area is 112 Å². The van der Waals surface area contributed by atoms with Crippen LogP contribution in [0.3, 0.4) is 0 Å². The maximum atomic E-state index is 11.7. The number of aliphatic hydroxyl groups is 1. The molecule has 19 heavy (non-hydrogen) atoms. The van der Waals surface area contributed by atoms with E-state index in [0.29, 0.717) is 5.69 Å². The Morgan fingerprint density at radius 3 is 3.00 bits per heavy atom. The maximum absolute atomic E-state index is 11.7. The summed E-state index contributed by atoms with van der Waals surface area (Å²) in [6.45, 7) is -0.106. The van der Waals surface area contributed by atoms with Gasteiger partial charge in [-0.3, -0.25) is 9.78 Å². The molecule has 100 valence electrons. The first kappa shape index (κ1) is 13.2. The van der Waals surface area contributed by atoms with E-state index in [1.54, 1.807) is 0 Å². The van der Waals surface area contributed by atoms with Gasteiger partial charge in [-0.25, -0.2) is 9.97 Å². The lowest BCUT2D eigenvalue weighted by atomic mass is 10.3. The monoisotopic (exact) mass is 283 g/mol. The molecule has 4 N–H and O–H groups in total. The van der Waals surface area contributed by atoms with Crippen LogP contribution >= 0.6 is 11.6 Å². The summed E-state index contributed by atoms with van der Waals surface area (Å²) in [6.07, 6.45) is 2.28. The fourth-order valence-corrected chi connectivity index (χ4v) is 1.60. The van der Waals surface area contributed by atoms with Crippen molar-refractivity contribution in [3.63, 3.8) is 0 Å². The molecule has 2 rings (SSSR count). The van der Waals surface area contributed by atoms with E-state index < -0.39 is 5.56 Å². The van der Waals surface area contributed by atoms with Gasteiger partial charge in [0, 0.05) is 6.21 Å². The number of aliphatic hydroxyl groups excluding tert-OH is 1. The van der Waals surface area contributed by atoms with E-state index in [1.165, 1.54) is 6.26 Å². The molecule has 0 saturated heterocycles. The zero-order chi connectivity index (χ0) is 13.8. The number of halogens is 1. The van der Waals surface area contributed by atoms with Crippen molar-refractivity contribution in [1.82, 2.24) is 15.0 Å². The zero-order valence-corrected chi connectivity index (χ0v) is 10.4. The lowest BCUT2D eigenvalue weighted by molar-refractivity contribution is 0.240. The van der Waals surface area contributed by atoms with Crippen LogP contribution in [-0.2, 0) is 13.2 Å². The molecule has 0 spiro atoms. The summed E-state index contributed by atoms with van der Waals surface area (Å²) in [5, 5.41) is 18.7. The molecular weight excluding hydrogens is 274 g/mol. The SMILES string of the molecule is N=Cc1nc(Cl)[nH]c(=O)c1NCc1coc(CO)n1. The predicted octanol–water partition coefficient (Wildman–Crippen LogP) is 0.513. The molecule has 0 saturated carbocycles. The Morgan fingerprint density at radius 2 is 2.37 bits per heavy atom. The Bertz CT molecular complexity index is 651. The fraction of sp³-hybridized carbons (Fsp3) is 0.200. The van der Waals surface area contributed by atoms with Crippen LogP contribution in [0.1, 0.15) is 17.3 Å². The molecule has 2 aromatic heterocycles. The summed E-state index contributed by atoms with van der Waals surface area (Å²) >= 11 is 5.59. The highest BCUT2D eigenvalue weighted by Gasteiger charge is 2.10. The summed E-state index contributed by atoms with van der Waals surface area (Å²) in [6, 6.07) is 0. The van der Waals surface area contributed by atoms with Crippen molar-refractivity contribution in [1.29, 1.82) is 5.41 Å². The minimum Gasteiger partial charge on any atom is -0.446 e. The van der Waals surface area contributed by atoms with Gasteiger partial charge >= 0.3 is 0 Å². The van der Waals surface area contributed by atoms with Crippen LogP contribution in [0.2, 0.25) is 5.28 Å². The van der Waals surface area contributed by atoms with Crippen molar-refractivity contribution in [3.8, 4) is 0 Å². The van der Waals surface area contributed by atoms with E-state index in [9.17, 15) is 4.79 Å². The van der Waals surface area contributed by atoms with Crippen LogP contribution in [-0.4, -0.2) is 26.3 Å². The summed E-state index contributed by atoms with van der Waals surface area (Å²) in [7, 11) is 0. The number of rotatable bonds is 5. The minimum absolute atomic E-state index is 0.0851. The molecule has 0 bridgehead atoms. The molecule has 8 nitrogen and oxygen atoms in total. The van der Waals surface area contributed by atoms with Crippen LogP contribution in [0, 0.1) is 5.41 Å². The number of oxazole rings is 1. The Morgan fingerprint density at radius 1 is 1.58 bits per heavy atom. The van der Waals surface area contributed by atoms with E-state index in [4.69, 9.17) is 26.5 Å². The summed E-state index contributed by atoms with van der Waals surface area (Å²) in [5.41, 5.74) is 0.270. The Kier molecular flexibility index (Phi) is 3.93. The average molecular weight is 284 g/mol. The molecule has 2 aromatic rings. The Balaban J connectivity index is 2.19. The highest BCUT2D eigenvalue weighted by molar-refractivity contribution is 6.28. The lowest BCUT2D eigenvalue weighted by Gasteiger charge is -2.05. The third-order valence-electron chi connectivity index (χ3n) is 2.24. The highest BCUT2D eigenvalue weighted by Crippen LogP contribution is 2.09. The van der Waals surface area contributed by atoms with Crippen molar-refractivity contribution in [2.75, 3.05) is 5.32 Å². The first-order valence-corrected chi connectivity index (χ1v) is 5.60. The number of aromatic nitrogens is 3. The van der Waals surface area contributed by atoms with E-state index in [-0.39, 0.29) is 35.7 Å². The van der Waals surface area contributed by atoms with Gasteiger partial charge in [-0.15, -0.1) is 0 Å². The third kappa shape index (κ3) is 2.98. The van der Waals surface area contributed by atoms with E-state index in [1.807, 2.05) is 0 Å². The third-order valence-corrected chi connectivity index (χ3v) is 2.42. The fourth-order valence-electron chi connectivity index (χ4n) is 1.42. The van der Waals surface area contributed by atoms with Gasteiger partial charge in [-0.1, -0.05) is 0 Å². The van der Waals surface area contributed by atoms with Gasteiger partial charge in [-0.2, -0.15) is 0 Å². The van der Waals surface area contributed by atoms with Crippen LogP contribution in [0.5, 0.6) is 0 Å². The summed E-state index contributed by atoms with van der Waals surface area (Å²) in [4.78, 5) is 21.7. The molecule has 0 aliphatic heterocycles. The second-order valence-electron chi connectivity index (χ2n) is 3.51. The molecule has 0 amide bonds. The average Bonchev–Trinajstić information content (AvgIpc) is 2.84. The number of aromatic amines is 1. The molecule has 0 aliphatic carbocycles. The molecule has 0 aromatic carbocycles. The Hall–Kier alpha value is -2.19. The van der Waals surface area contributed by atoms with Gasteiger partial charge < -0.3 is 20.2 Å². The molecule has 2 heterocycles. The molecule has 0 atom stereocenters. The molecular formula is C10H10ClN5O3. The second kappa shape index (κ2) is 5.63. The van der Waals surface area contributed by atoms with Crippen molar-refractivity contribution in [2.24, 2.45) is 0 Å². The number of hydrogen-bond acceptors (Lipinski definition) is 7. The van der Waals surface area contributed by atoms with Gasteiger partial charge in [0.05, 0.1) is 12.2 Å². The van der Waals surface area contributed by atoms with Crippen LogP contribution < -0.4 is 10.9 Å². The standard InChI is InChI=1S/C10H10ClN5O3/c11-10-15-6(1-12)8(9(18)16-10)13-2-5-4-19-7(3-17)14-5/h1,4,12-13,17H,2-3H2,(H,15,16,18). The summed E-state index contributed by atoms with van der Waals surface area (Å²) in [5.74, 6) is 0.187. The highest BCUT2D eigenvalue weighted by atomic mass is 35.5. The number of nitrogens with zero attached hydrogens (tertiary/aromatic N) is 2. The quantitative estimate of drug-likeness (QED) is 0.468. The van der Waals surface area contributed by atoms with Gasteiger partial charge in [0.1, 0.15) is 24.3 Å². The molecule has 0 aliphatic rings. The molecule has 0 unspecified atom stereocenters. The van der Waals surface area contributed by atoms with Crippen LogP contribution in [0.15, 0.2) is 15.5 Å². The second-order valence-corrected chi connectivity index (χ2v) is 3.86. The zero-order valence-electron chi connectivity index (χ0n) is 9.61. The molecule has 0 radical (unpaired) electrons. The van der Waals surface area contributed by atoms with Gasteiger partial charge in [0.15, 0.2) is 0 Å². The van der Waals surface area contributed by atoms with Crippen molar-refractivity contribution in [2.45, 2.75) is 13.2 Å². The number of hydrogen-bond donors (Lipinski definition) is 4.